The molecule has 0 fully saturated rings. The lowest BCUT2D eigenvalue weighted by atomic mass is 9.75. The molecule has 1 aromatic heterocycles. The van der Waals surface area contributed by atoms with E-state index in [0.717, 1.165) is 77.9 Å². The van der Waals surface area contributed by atoms with Crippen molar-refractivity contribution < 1.29 is 9.13 Å². The summed E-state index contributed by atoms with van der Waals surface area (Å²) < 4.78 is 22.7. The summed E-state index contributed by atoms with van der Waals surface area (Å²) in [6, 6.07) is 77.1. The van der Waals surface area contributed by atoms with Crippen molar-refractivity contribution in [3.8, 4) is 84.4 Å². The molecule has 298 valence electrons. The summed E-state index contributed by atoms with van der Waals surface area (Å²) in [6.45, 7) is 0. The Kier molecular flexibility index (Phi) is 9.55. The molecular weight excluding hydrogens is 774 g/mol. The van der Waals surface area contributed by atoms with Gasteiger partial charge in [-0.1, -0.05) is 182 Å². The van der Waals surface area contributed by atoms with Gasteiger partial charge >= 0.3 is 0 Å². The number of rotatable bonds is 8. The summed E-state index contributed by atoms with van der Waals surface area (Å²) in [5, 5.41) is 0. The lowest BCUT2D eigenvalue weighted by Gasteiger charge is -2.41. The number of halogens is 1. The van der Waals surface area contributed by atoms with Crippen LogP contribution in [-0.4, -0.2) is 15.0 Å². The molecule has 5 heteroatoms. The standard InChI is InChI=1S/C58H38FN3O/c59-50-31-32-53-51(38-50)52-37-44(30-33-54(52)63-58(53,48-22-12-4-13-23-48)49-24-14-5-15-25-49)56-60-55(43-28-26-42(27-29-43)39-16-6-1-7-17-39)61-57(62-56)47-35-45(40-18-8-2-9-19-40)34-46(36-47)41-20-10-3-11-21-41/h1-38H. The molecule has 0 atom stereocenters. The van der Waals surface area contributed by atoms with Gasteiger partial charge < -0.3 is 4.74 Å². The molecule has 2 heterocycles. The summed E-state index contributed by atoms with van der Waals surface area (Å²) in [5.41, 5.74) is 12.1. The van der Waals surface area contributed by atoms with Crippen LogP contribution in [0.15, 0.2) is 231 Å². The maximum Gasteiger partial charge on any atom is 0.185 e. The van der Waals surface area contributed by atoms with Crippen molar-refractivity contribution in [3.63, 3.8) is 0 Å². The minimum atomic E-state index is -1.03. The third-order valence-corrected chi connectivity index (χ3v) is 11.8. The second-order valence-electron chi connectivity index (χ2n) is 15.7. The monoisotopic (exact) mass is 811 g/mol. The Morgan fingerprint density at radius 3 is 1.27 bits per heavy atom. The van der Waals surface area contributed by atoms with E-state index < -0.39 is 5.60 Å². The molecule has 0 amide bonds. The van der Waals surface area contributed by atoms with Gasteiger partial charge in [0.1, 0.15) is 11.6 Å². The summed E-state index contributed by atoms with van der Waals surface area (Å²) in [6.07, 6.45) is 0. The Morgan fingerprint density at radius 1 is 0.317 bits per heavy atom. The minimum Gasteiger partial charge on any atom is -0.472 e. The zero-order valence-electron chi connectivity index (χ0n) is 34.1. The molecule has 0 aliphatic carbocycles. The average molecular weight is 812 g/mol. The largest absolute Gasteiger partial charge is 0.472 e. The highest BCUT2D eigenvalue weighted by Gasteiger charge is 2.44. The fourth-order valence-corrected chi connectivity index (χ4v) is 8.73. The maximum atomic E-state index is 15.5. The topological polar surface area (TPSA) is 47.9 Å². The molecule has 11 rings (SSSR count). The van der Waals surface area contributed by atoms with E-state index in [2.05, 4.69) is 127 Å². The van der Waals surface area contributed by atoms with E-state index in [0.29, 0.717) is 23.2 Å². The molecule has 9 aromatic carbocycles. The van der Waals surface area contributed by atoms with Crippen molar-refractivity contribution in [2.45, 2.75) is 5.60 Å². The van der Waals surface area contributed by atoms with Crippen molar-refractivity contribution in [2.75, 3.05) is 0 Å². The molecule has 0 N–H and O–H groups in total. The molecular formula is C58H38FN3O. The predicted molar refractivity (Wildman–Crippen MR) is 251 cm³/mol. The van der Waals surface area contributed by atoms with Gasteiger partial charge in [0.05, 0.1) is 0 Å². The van der Waals surface area contributed by atoms with E-state index in [9.17, 15) is 0 Å². The van der Waals surface area contributed by atoms with Crippen LogP contribution in [0.5, 0.6) is 5.75 Å². The number of fused-ring (bicyclic) bond motifs is 3. The first kappa shape index (κ1) is 37.7. The first-order chi connectivity index (χ1) is 31.1. The van der Waals surface area contributed by atoms with Crippen LogP contribution in [0.25, 0.3) is 78.7 Å². The van der Waals surface area contributed by atoms with Crippen molar-refractivity contribution in [1.29, 1.82) is 0 Å². The molecule has 10 aromatic rings. The third-order valence-electron chi connectivity index (χ3n) is 11.8. The van der Waals surface area contributed by atoms with Crippen LogP contribution in [-0.2, 0) is 5.60 Å². The highest BCUT2D eigenvalue weighted by molar-refractivity contribution is 5.84. The zero-order chi connectivity index (χ0) is 42.2. The molecule has 1 aliphatic heterocycles. The minimum absolute atomic E-state index is 0.335. The zero-order valence-corrected chi connectivity index (χ0v) is 34.1. The van der Waals surface area contributed by atoms with Gasteiger partial charge in [-0.3, -0.25) is 0 Å². The SMILES string of the molecule is Fc1ccc2c(c1)-c1cc(-c3nc(-c4ccc(-c5ccccc5)cc4)nc(-c4cc(-c5ccccc5)cc(-c5ccccc5)c4)n3)ccc1OC2(c1ccccc1)c1ccccc1. The molecule has 63 heavy (non-hydrogen) atoms. The smallest absolute Gasteiger partial charge is 0.185 e. The Balaban J connectivity index is 1.10. The van der Waals surface area contributed by atoms with Gasteiger partial charge in [-0.05, 0) is 87.5 Å². The molecule has 0 unspecified atom stereocenters. The van der Waals surface area contributed by atoms with Crippen molar-refractivity contribution >= 4 is 0 Å². The van der Waals surface area contributed by atoms with Crippen LogP contribution >= 0.6 is 0 Å². The number of hydrogen-bond donors (Lipinski definition) is 0. The Morgan fingerprint density at radius 2 is 0.730 bits per heavy atom. The van der Waals surface area contributed by atoms with Gasteiger partial charge in [0.25, 0.3) is 0 Å². The predicted octanol–water partition coefficient (Wildman–Crippen LogP) is 14.4. The third kappa shape index (κ3) is 7.05. The fourth-order valence-electron chi connectivity index (χ4n) is 8.73. The van der Waals surface area contributed by atoms with Gasteiger partial charge in [0.2, 0.25) is 0 Å². The highest BCUT2D eigenvalue weighted by atomic mass is 19.1. The highest BCUT2D eigenvalue weighted by Crippen LogP contribution is 2.52. The van der Waals surface area contributed by atoms with Gasteiger partial charge in [0, 0.05) is 38.9 Å². The fraction of sp³-hybridized carbons (Fsp3) is 0.0172. The molecule has 0 saturated heterocycles. The van der Waals surface area contributed by atoms with Crippen LogP contribution in [0.3, 0.4) is 0 Å². The van der Waals surface area contributed by atoms with E-state index in [4.69, 9.17) is 19.7 Å². The van der Waals surface area contributed by atoms with Crippen molar-refractivity contribution in [1.82, 2.24) is 15.0 Å². The van der Waals surface area contributed by atoms with E-state index in [1.54, 1.807) is 6.07 Å². The first-order valence-electron chi connectivity index (χ1n) is 21.0. The summed E-state index contributed by atoms with van der Waals surface area (Å²) in [7, 11) is 0. The van der Waals surface area contributed by atoms with Crippen LogP contribution in [0, 0.1) is 5.82 Å². The summed E-state index contributed by atoms with van der Waals surface area (Å²) >= 11 is 0. The number of hydrogen-bond acceptors (Lipinski definition) is 4. The Labute approximate surface area is 365 Å². The van der Waals surface area contributed by atoms with Gasteiger partial charge in [-0.2, -0.15) is 0 Å². The van der Waals surface area contributed by atoms with Crippen molar-refractivity contribution in [3.05, 3.63) is 253 Å². The van der Waals surface area contributed by atoms with Crippen molar-refractivity contribution in [2.24, 2.45) is 0 Å². The maximum absolute atomic E-state index is 15.5. The number of benzene rings is 9. The molecule has 4 nitrogen and oxygen atoms in total. The van der Waals surface area contributed by atoms with E-state index in [-0.39, 0.29) is 5.82 Å². The molecule has 0 spiro atoms. The normalized spacial score (nSPS) is 12.5. The lowest BCUT2D eigenvalue weighted by molar-refractivity contribution is 0.152. The quantitative estimate of drug-likeness (QED) is 0.153. The summed E-state index contributed by atoms with van der Waals surface area (Å²) in [4.78, 5) is 15.6. The first-order valence-corrected chi connectivity index (χ1v) is 21.0. The van der Waals surface area contributed by atoms with Gasteiger partial charge in [-0.25, -0.2) is 19.3 Å². The second kappa shape index (κ2) is 16.0. The van der Waals surface area contributed by atoms with E-state index >= 15 is 4.39 Å². The molecule has 0 saturated carbocycles. The Hall–Kier alpha value is -8.28. The van der Waals surface area contributed by atoms with Crippen LogP contribution in [0.2, 0.25) is 0 Å². The number of ether oxygens (including phenoxy) is 1. The Bertz CT molecular complexity index is 3140. The van der Waals surface area contributed by atoms with E-state index in [1.807, 2.05) is 91.0 Å². The average Bonchev–Trinajstić information content (AvgIpc) is 3.37. The van der Waals surface area contributed by atoms with Crippen LogP contribution < -0.4 is 4.74 Å². The lowest BCUT2D eigenvalue weighted by Crippen LogP contribution is -2.38. The van der Waals surface area contributed by atoms with Gasteiger partial charge in [0.15, 0.2) is 23.1 Å². The number of aromatic nitrogens is 3. The van der Waals surface area contributed by atoms with Crippen LogP contribution in [0.4, 0.5) is 4.39 Å². The molecule has 1 aliphatic rings. The van der Waals surface area contributed by atoms with E-state index in [1.165, 1.54) is 6.07 Å². The summed E-state index contributed by atoms with van der Waals surface area (Å²) in [5.74, 6) is 1.84. The number of nitrogens with zero attached hydrogens (tertiary/aromatic N) is 3. The molecule has 0 bridgehead atoms. The van der Waals surface area contributed by atoms with Crippen LogP contribution in [0.1, 0.15) is 16.7 Å². The molecule has 0 radical (unpaired) electrons. The van der Waals surface area contributed by atoms with Gasteiger partial charge in [-0.15, -0.1) is 0 Å². The second-order valence-corrected chi connectivity index (χ2v) is 15.7.